The third-order valence-electron chi connectivity index (χ3n) is 4.00. The number of benzene rings is 1. The molecule has 1 aliphatic heterocycles. The molecule has 0 spiro atoms. The summed E-state index contributed by atoms with van der Waals surface area (Å²) in [6, 6.07) is 7.69. The summed E-state index contributed by atoms with van der Waals surface area (Å²) in [5.41, 5.74) is 1.75. The van der Waals surface area contributed by atoms with E-state index in [4.69, 9.17) is 0 Å². The van der Waals surface area contributed by atoms with E-state index >= 15 is 0 Å². The molecule has 1 heterocycles. The highest BCUT2D eigenvalue weighted by atomic mass is 19.1. The number of halogens is 1. The van der Waals surface area contributed by atoms with Crippen LogP contribution in [0.3, 0.4) is 0 Å². The van der Waals surface area contributed by atoms with Crippen molar-refractivity contribution in [2.24, 2.45) is 0 Å². The molecule has 1 aromatic carbocycles. The highest BCUT2D eigenvalue weighted by Crippen LogP contribution is 2.29. The van der Waals surface area contributed by atoms with Crippen LogP contribution in [0, 0.1) is 17.1 Å². The maximum absolute atomic E-state index is 13.4. The molecule has 1 N–H and O–H groups in total. The van der Waals surface area contributed by atoms with Gasteiger partial charge in [0.2, 0.25) is 0 Å². The summed E-state index contributed by atoms with van der Waals surface area (Å²) >= 11 is 0. The molecule has 114 valence electrons. The molecule has 1 atom stereocenters. The predicted octanol–water partition coefficient (Wildman–Crippen LogP) is 3.25. The molecular formula is C17H24FN3. The largest absolute Gasteiger partial charge is 0.371 e. The second kappa shape index (κ2) is 6.44. The number of fused-ring (bicyclic) bond motifs is 1. The van der Waals surface area contributed by atoms with Gasteiger partial charge in [-0.05, 0) is 57.7 Å². The summed E-state index contributed by atoms with van der Waals surface area (Å²) in [5.74, 6) is -0.177. The monoisotopic (exact) mass is 289 g/mol. The third kappa shape index (κ3) is 3.95. The van der Waals surface area contributed by atoms with E-state index in [-0.39, 0.29) is 11.9 Å². The molecule has 1 aromatic rings. The first-order chi connectivity index (χ1) is 9.93. The van der Waals surface area contributed by atoms with Gasteiger partial charge in [-0.3, -0.25) is 5.32 Å². The Labute approximate surface area is 126 Å². The van der Waals surface area contributed by atoms with Crippen LogP contribution in [0.25, 0.3) is 0 Å². The number of hydrogen-bond donors (Lipinski definition) is 1. The normalized spacial score (nSPS) is 16.7. The molecule has 0 aliphatic carbocycles. The van der Waals surface area contributed by atoms with Crippen LogP contribution in [0.1, 0.15) is 39.2 Å². The average Bonchev–Trinajstić information content (AvgIpc) is 2.80. The summed E-state index contributed by atoms with van der Waals surface area (Å²) < 4.78 is 13.4. The maximum atomic E-state index is 13.4. The molecular weight excluding hydrogens is 265 g/mol. The van der Waals surface area contributed by atoms with Crippen molar-refractivity contribution in [1.82, 2.24) is 5.32 Å². The predicted molar refractivity (Wildman–Crippen MR) is 83.8 cm³/mol. The number of nitriles is 1. The van der Waals surface area contributed by atoms with Gasteiger partial charge in [-0.2, -0.15) is 5.26 Å². The van der Waals surface area contributed by atoms with Crippen molar-refractivity contribution < 1.29 is 4.39 Å². The van der Waals surface area contributed by atoms with Crippen LogP contribution in [0.2, 0.25) is 0 Å². The summed E-state index contributed by atoms with van der Waals surface area (Å²) in [4.78, 5) is 2.23. The molecule has 21 heavy (non-hydrogen) atoms. The van der Waals surface area contributed by atoms with Crippen LogP contribution in [0.4, 0.5) is 10.1 Å². The lowest BCUT2D eigenvalue weighted by Crippen LogP contribution is -2.45. The van der Waals surface area contributed by atoms with Crippen molar-refractivity contribution in [3.05, 3.63) is 29.6 Å². The zero-order valence-corrected chi connectivity index (χ0v) is 13.1. The van der Waals surface area contributed by atoms with E-state index in [1.165, 1.54) is 11.6 Å². The van der Waals surface area contributed by atoms with Crippen LogP contribution in [0.15, 0.2) is 18.2 Å². The fourth-order valence-electron chi connectivity index (χ4n) is 3.07. The molecule has 0 fully saturated rings. The molecule has 0 amide bonds. The lowest BCUT2D eigenvalue weighted by Gasteiger charge is -2.27. The molecule has 0 aromatic heterocycles. The minimum absolute atomic E-state index is 0.177. The van der Waals surface area contributed by atoms with Gasteiger partial charge in [-0.1, -0.05) is 6.07 Å². The summed E-state index contributed by atoms with van der Waals surface area (Å²) in [6.45, 7) is 7.86. The first kappa shape index (κ1) is 15.8. The van der Waals surface area contributed by atoms with Crippen LogP contribution in [-0.2, 0) is 6.42 Å². The van der Waals surface area contributed by atoms with Crippen LogP contribution in [-0.4, -0.2) is 24.7 Å². The van der Waals surface area contributed by atoms with Crippen molar-refractivity contribution in [3.8, 4) is 6.07 Å². The van der Waals surface area contributed by atoms with Crippen LogP contribution >= 0.6 is 0 Å². The van der Waals surface area contributed by atoms with Crippen LogP contribution < -0.4 is 10.2 Å². The Hall–Kier alpha value is -1.60. The molecule has 1 aliphatic rings. The van der Waals surface area contributed by atoms with Gasteiger partial charge in [-0.25, -0.2) is 4.39 Å². The van der Waals surface area contributed by atoms with E-state index in [9.17, 15) is 9.65 Å². The minimum Gasteiger partial charge on any atom is -0.371 e. The highest BCUT2D eigenvalue weighted by Gasteiger charge is 2.25. The van der Waals surface area contributed by atoms with Gasteiger partial charge in [0, 0.05) is 24.8 Å². The van der Waals surface area contributed by atoms with Gasteiger partial charge in [0.15, 0.2) is 0 Å². The number of anilines is 1. The Morgan fingerprint density at radius 3 is 2.90 bits per heavy atom. The van der Waals surface area contributed by atoms with Crippen molar-refractivity contribution >= 4 is 5.69 Å². The van der Waals surface area contributed by atoms with E-state index < -0.39 is 5.54 Å². The molecule has 4 heteroatoms. The van der Waals surface area contributed by atoms with E-state index in [0.29, 0.717) is 0 Å². The van der Waals surface area contributed by atoms with Crippen molar-refractivity contribution in [2.45, 2.75) is 51.6 Å². The maximum Gasteiger partial charge on any atom is 0.125 e. The standard InChI is InChI=1S/C17H24FN3/c1-13(2)20-17(3,12-19)8-4-9-21-10-7-14-5-6-15(18)11-16(14)21/h5-6,11,13,20H,4,7-10H2,1-3H3. The van der Waals surface area contributed by atoms with Crippen molar-refractivity contribution in [2.75, 3.05) is 18.0 Å². The Morgan fingerprint density at radius 2 is 2.24 bits per heavy atom. The lowest BCUT2D eigenvalue weighted by atomic mass is 9.96. The molecule has 0 bridgehead atoms. The topological polar surface area (TPSA) is 39.1 Å². The van der Waals surface area contributed by atoms with Crippen LogP contribution in [0.5, 0.6) is 0 Å². The van der Waals surface area contributed by atoms with E-state index in [1.54, 1.807) is 6.07 Å². The fourth-order valence-corrected chi connectivity index (χ4v) is 3.07. The summed E-state index contributed by atoms with van der Waals surface area (Å²) in [6.07, 6.45) is 2.69. The molecule has 0 radical (unpaired) electrons. The highest BCUT2D eigenvalue weighted by molar-refractivity contribution is 5.58. The van der Waals surface area contributed by atoms with Gasteiger partial charge in [-0.15, -0.1) is 0 Å². The Balaban J connectivity index is 1.91. The Morgan fingerprint density at radius 1 is 1.48 bits per heavy atom. The molecule has 0 saturated heterocycles. The Kier molecular flexibility index (Phi) is 4.84. The fraction of sp³-hybridized carbons (Fsp3) is 0.588. The van der Waals surface area contributed by atoms with E-state index in [2.05, 4.69) is 30.1 Å². The van der Waals surface area contributed by atoms with Crippen molar-refractivity contribution in [3.63, 3.8) is 0 Å². The molecule has 0 saturated carbocycles. The second-order valence-corrected chi connectivity index (χ2v) is 6.36. The van der Waals surface area contributed by atoms with E-state index in [1.807, 2.05) is 13.0 Å². The number of nitrogens with one attached hydrogen (secondary N) is 1. The number of hydrogen-bond acceptors (Lipinski definition) is 3. The smallest absolute Gasteiger partial charge is 0.125 e. The number of rotatable bonds is 6. The van der Waals surface area contributed by atoms with Crippen molar-refractivity contribution in [1.29, 1.82) is 5.26 Å². The first-order valence-corrected chi connectivity index (χ1v) is 7.66. The number of nitrogens with zero attached hydrogens (tertiary/aromatic N) is 2. The van der Waals surface area contributed by atoms with Gasteiger partial charge in [0.05, 0.1) is 6.07 Å². The zero-order valence-electron chi connectivity index (χ0n) is 13.1. The lowest BCUT2D eigenvalue weighted by molar-refractivity contribution is 0.374. The minimum atomic E-state index is -0.487. The quantitative estimate of drug-likeness (QED) is 0.873. The van der Waals surface area contributed by atoms with Gasteiger partial charge in [0.25, 0.3) is 0 Å². The SMILES string of the molecule is CC(C)NC(C)(C#N)CCCN1CCc2ccc(F)cc21. The zero-order chi connectivity index (χ0) is 15.5. The summed E-state index contributed by atoms with van der Waals surface area (Å²) in [7, 11) is 0. The van der Waals surface area contributed by atoms with E-state index in [0.717, 1.165) is 38.0 Å². The van der Waals surface area contributed by atoms with Gasteiger partial charge < -0.3 is 4.90 Å². The van der Waals surface area contributed by atoms with Gasteiger partial charge in [0.1, 0.15) is 11.4 Å². The first-order valence-electron chi connectivity index (χ1n) is 7.66. The summed E-state index contributed by atoms with van der Waals surface area (Å²) in [5, 5.41) is 12.7. The average molecular weight is 289 g/mol. The molecule has 1 unspecified atom stereocenters. The molecule has 3 nitrogen and oxygen atoms in total. The second-order valence-electron chi connectivity index (χ2n) is 6.36. The Bertz CT molecular complexity index is 535. The third-order valence-corrected chi connectivity index (χ3v) is 4.00. The van der Waals surface area contributed by atoms with Gasteiger partial charge >= 0.3 is 0 Å². The molecule has 2 rings (SSSR count).